The summed E-state index contributed by atoms with van der Waals surface area (Å²) in [7, 11) is 0. The number of carbonyl (C=O) groups excluding carboxylic acids is 6. The molecule has 5 N–H and O–H groups in total. The van der Waals surface area contributed by atoms with Crippen molar-refractivity contribution in [2.45, 2.75) is 39.2 Å². The Morgan fingerprint density at radius 3 is 2.25 bits per heavy atom. The minimum atomic E-state index is -2.72. The van der Waals surface area contributed by atoms with Crippen LogP contribution in [-0.4, -0.2) is 50.8 Å². The van der Waals surface area contributed by atoms with Crippen molar-refractivity contribution in [2.75, 3.05) is 5.32 Å². The van der Waals surface area contributed by atoms with Gasteiger partial charge in [0.1, 0.15) is 5.75 Å². The molecule has 3 aliphatic rings. The van der Waals surface area contributed by atoms with E-state index in [1.165, 1.54) is 13.0 Å². The van der Waals surface area contributed by atoms with Crippen molar-refractivity contribution in [1.29, 1.82) is 0 Å². The molecule has 0 aromatic heterocycles. The highest BCUT2D eigenvalue weighted by Crippen LogP contribution is 2.53. The molecule has 2 aromatic carbocycles. The molecule has 0 bridgehead atoms. The van der Waals surface area contributed by atoms with Gasteiger partial charge in [-0.1, -0.05) is 32.0 Å². The lowest BCUT2D eigenvalue weighted by atomic mass is 9.49. The number of hydrogen-bond acceptors (Lipinski definition) is 8. The Morgan fingerprint density at radius 2 is 1.68 bits per heavy atom. The highest BCUT2D eigenvalue weighted by molar-refractivity contribution is 6.32. The lowest BCUT2D eigenvalue weighted by Crippen LogP contribution is -2.71. The quantitative estimate of drug-likeness (QED) is 0.419. The molecule has 3 aliphatic carbocycles. The number of primary amides is 1. The molecule has 0 radical (unpaired) electrons. The number of aliphatic hydroxyl groups is 1. The predicted octanol–water partition coefficient (Wildman–Crippen LogP) is 1.83. The largest absolute Gasteiger partial charge is 0.507 e. The Bertz CT molecular complexity index is 1490. The molecule has 208 valence electrons. The smallest absolute Gasteiger partial charge is 0.235 e. The van der Waals surface area contributed by atoms with Crippen molar-refractivity contribution in [2.24, 2.45) is 41.2 Å². The number of benzene rings is 2. The molecule has 2 unspecified atom stereocenters. The van der Waals surface area contributed by atoms with Crippen LogP contribution in [0.3, 0.4) is 0 Å². The van der Waals surface area contributed by atoms with Gasteiger partial charge in [-0.2, -0.15) is 0 Å². The van der Waals surface area contributed by atoms with E-state index >= 15 is 0 Å². The molecule has 0 heterocycles. The van der Waals surface area contributed by atoms with E-state index < -0.39 is 70.1 Å². The summed E-state index contributed by atoms with van der Waals surface area (Å²) >= 11 is 0. The van der Waals surface area contributed by atoms with Crippen molar-refractivity contribution < 1.29 is 39.0 Å². The number of Topliss-reactive ketones (excluding diaryl/α,β-unsaturated/α-hetero) is 4. The Labute approximate surface area is 229 Å². The Hall–Kier alpha value is -4.18. The number of fused-ring (bicyclic) bond motifs is 3. The molecule has 0 saturated heterocycles. The fraction of sp³-hybridized carbons (Fsp3) is 0.400. The van der Waals surface area contributed by atoms with E-state index in [4.69, 9.17) is 5.73 Å². The van der Waals surface area contributed by atoms with Gasteiger partial charge in [0.25, 0.3) is 0 Å². The lowest BCUT2D eigenvalue weighted by Gasteiger charge is -2.52. The number of nitrogens with two attached hydrogens (primary N) is 1. The van der Waals surface area contributed by atoms with E-state index in [9.17, 15) is 39.0 Å². The van der Waals surface area contributed by atoms with Crippen LogP contribution in [0.25, 0.3) is 11.1 Å². The monoisotopic (exact) mass is 546 g/mol. The van der Waals surface area contributed by atoms with Crippen LogP contribution in [0, 0.1) is 35.5 Å². The number of anilines is 1. The SMILES string of the molecule is CC(=O)Nc1ccc(-c2ccc(O)c3c2C[C@H]2C[C@H]4[C@H](C(C)C)C(=O)C(C(N)=O)C(=O)[C@@]4(O)C(=O)C2C3=O)cc1. The van der Waals surface area contributed by atoms with E-state index in [-0.39, 0.29) is 30.1 Å². The summed E-state index contributed by atoms with van der Waals surface area (Å²) in [5.41, 5.74) is 5.03. The topological polar surface area (TPSA) is 181 Å². The molecule has 6 atom stereocenters. The van der Waals surface area contributed by atoms with E-state index in [1.54, 1.807) is 44.2 Å². The Morgan fingerprint density at radius 1 is 1.02 bits per heavy atom. The van der Waals surface area contributed by atoms with Gasteiger partial charge in [-0.05, 0) is 59.6 Å². The summed E-state index contributed by atoms with van der Waals surface area (Å²) in [6.45, 7) is 4.80. The predicted molar refractivity (Wildman–Crippen MR) is 142 cm³/mol. The van der Waals surface area contributed by atoms with E-state index in [0.29, 0.717) is 22.4 Å². The van der Waals surface area contributed by atoms with E-state index in [0.717, 1.165) is 0 Å². The minimum absolute atomic E-state index is 0.0143. The maximum absolute atomic E-state index is 13.9. The normalized spacial score (nSPS) is 29.5. The standard InChI is InChI=1S/C30H30N2O8/c1-12(2)21-19-11-15-10-18-17(14-4-6-16(7-5-14)32-13(3)33)8-9-20(34)23(18)26(36)22(15)27(37)30(19,40)28(38)24(25(21)35)29(31)39/h4-9,12,15,19,21-22,24,34,40H,10-11H2,1-3H3,(H2,31,39)(H,32,33)/t15-,19-,21-,22?,24?,30-/m0/s1. The Kier molecular flexibility index (Phi) is 6.49. The number of phenolic OH excluding ortho intramolecular Hbond substituents is 1. The molecule has 40 heavy (non-hydrogen) atoms. The zero-order valence-electron chi connectivity index (χ0n) is 22.3. The van der Waals surface area contributed by atoms with Gasteiger partial charge in [-0.25, -0.2) is 0 Å². The fourth-order valence-electron chi connectivity index (χ4n) is 7.06. The van der Waals surface area contributed by atoms with Crippen LogP contribution in [0.2, 0.25) is 0 Å². The second-order valence-corrected chi connectivity index (χ2v) is 11.4. The third kappa shape index (κ3) is 3.89. The van der Waals surface area contributed by atoms with Crippen LogP contribution >= 0.6 is 0 Å². The van der Waals surface area contributed by atoms with Crippen molar-refractivity contribution in [1.82, 2.24) is 0 Å². The van der Waals surface area contributed by atoms with Crippen LogP contribution in [0.4, 0.5) is 5.69 Å². The van der Waals surface area contributed by atoms with Crippen LogP contribution in [-0.2, 0) is 30.4 Å². The maximum atomic E-state index is 13.9. The third-order valence-electron chi connectivity index (χ3n) is 8.71. The van der Waals surface area contributed by atoms with Gasteiger partial charge in [0, 0.05) is 24.4 Å². The van der Waals surface area contributed by atoms with Gasteiger partial charge in [-0.3, -0.25) is 28.8 Å². The first-order chi connectivity index (χ1) is 18.8. The molecule has 5 rings (SSSR count). The summed E-state index contributed by atoms with van der Waals surface area (Å²) in [6, 6.07) is 9.94. The number of carbonyl (C=O) groups is 6. The van der Waals surface area contributed by atoms with Crippen molar-refractivity contribution in [3.8, 4) is 16.9 Å². The third-order valence-corrected chi connectivity index (χ3v) is 8.71. The zero-order valence-corrected chi connectivity index (χ0v) is 22.3. The molecular formula is C30H30N2O8. The summed E-state index contributed by atoms with van der Waals surface area (Å²) < 4.78 is 0. The van der Waals surface area contributed by atoms with E-state index in [2.05, 4.69) is 5.32 Å². The van der Waals surface area contributed by atoms with Crippen LogP contribution in [0.15, 0.2) is 36.4 Å². The van der Waals surface area contributed by atoms with Gasteiger partial charge < -0.3 is 21.3 Å². The lowest BCUT2D eigenvalue weighted by molar-refractivity contribution is -0.182. The molecule has 2 amide bonds. The number of rotatable bonds is 4. The van der Waals surface area contributed by atoms with Gasteiger partial charge >= 0.3 is 0 Å². The number of aromatic hydroxyl groups is 1. The van der Waals surface area contributed by atoms with Crippen LogP contribution in [0.1, 0.15) is 43.1 Å². The molecule has 2 saturated carbocycles. The number of nitrogens with one attached hydrogen (secondary N) is 1. The summed E-state index contributed by atoms with van der Waals surface area (Å²) in [5, 5.41) is 25.1. The zero-order chi connectivity index (χ0) is 29.3. The molecule has 10 nitrogen and oxygen atoms in total. The molecule has 10 heteroatoms. The number of ketones is 4. The van der Waals surface area contributed by atoms with Crippen molar-refractivity contribution in [3.05, 3.63) is 47.5 Å². The first kappa shape index (κ1) is 27.4. The average molecular weight is 547 g/mol. The molecule has 2 aromatic rings. The molecule has 0 spiro atoms. The van der Waals surface area contributed by atoms with Crippen LogP contribution in [0.5, 0.6) is 5.75 Å². The van der Waals surface area contributed by atoms with Crippen molar-refractivity contribution in [3.63, 3.8) is 0 Å². The highest BCUT2D eigenvalue weighted by atomic mass is 16.3. The minimum Gasteiger partial charge on any atom is -0.507 e. The molecule has 2 fully saturated rings. The summed E-state index contributed by atoms with van der Waals surface area (Å²) in [4.78, 5) is 77.9. The van der Waals surface area contributed by atoms with Gasteiger partial charge in [0.05, 0.1) is 11.5 Å². The van der Waals surface area contributed by atoms with Gasteiger partial charge in [0.15, 0.2) is 34.7 Å². The van der Waals surface area contributed by atoms with Gasteiger partial charge in [0.2, 0.25) is 11.8 Å². The fourth-order valence-corrected chi connectivity index (χ4v) is 7.06. The Balaban J connectivity index is 1.61. The molecular weight excluding hydrogens is 516 g/mol. The second-order valence-electron chi connectivity index (χ2n) is 11.4. The van der Waals surface area contributed by atoms with Crippen molar-refractivity contribution >= 4 is 40.6 Å². The summed E-state index contributed by atoms with van der Waals surface area (Å²) in [5.74, 6) is -12.2. The molecule has 0 aliphatic heterocycles. The second kappa shape index (κ2) is 9.48. The van der Waals surface area contributed by atoms with Crippen LogP contribution < -0.4 is 11.1 Å². The number of amides is 2. The van der Waals surface area contributed by atoms with Gasteiger partial charge in [-0.15, -0.1) is 0 Å². The number of phenols is 1. The highest BCUT2D eigenvalue weighted by Gasteiger charge is 2.69. The number of hydrogen-bond donors (Lipinski definition) is 4. The first-order valence-electron chi connectivity index (χ1n) is 13.2. The van der Waals surface area contributed by atoms with E-state index in [1.807, 2.05) is 0 Å². The first-order valence-corrected chi connectivity index (χ1v) is 13.2. The maximum Gasteiger partial charge on any atom is 0.235 e. The average Bonchev–Trinajstić information content (AvgIpc) is 2.86. The summed E-state index contributed by atoms with van der Waals surface area (Å²) in [6.07, 6.45) is 0.189.